The average Bonchev–Trinajstić information content (AvgIpc) is 2.45. The molecular weight excluding hydrogens is 318 g/mol. The first-order valence-electron chi connectivity index (χ1n) is 7.28. The zero-order valence-electron chi connectivity index (χ0n) is 13.5. The number of ether oxygens (including phenoxy) is 1. The molecule has 2 aromatic rings. The number of fused-ring (bicyclic) bond motifs is 2. The molecule has 6 nitrogen and oxygen atoms in total. The van der Waals surface area contributed by atoms with E-state index in [0.717, 1.165) is 11.8 Å². The van der Waals surface area contributed by atoms with Crippen molar-refractivity contribution in [2.24, 2.45) is 7.05 Å². The standard InChI is InChI=1S/C16H19NO5S/c1-16(2)13(22-23(4,19)20)9-11-14(18)10-7-5-6-8-12(10)17(3)15(11)21-16/h5-8,13H,9H2,1-4H3. The van der Waals surface area contributed by atoms with Gasteiger partial charge in [-0.15, -0.1) is 0 Å². The van der Waals surface area contributed by atoms with Crippen LogP contribution in [0.15, 0.2) is 29.1 Å². The Labute approximate surface area is 134 Å². The van der Waals surface area contributed by atoms with Crippen LogP contribution in [-0.2, 0) is 27.8 Å². The molecule has 0 radical (unpaired) electrons. The van der Waals surface area contributed by atoms with Crippen molar-refractivity contribution in [3.8, 4) is 5.88 Å². The number of aryl methyl sites for hydroxylation is 1. The van der Waals surface area contributed by atoms with E-state index in [0.29, 0.717) is 16.8 Å². The number of aromatic nitrogens is 1. The van der Waals surface area contributed by atoms with E-state index in [1.165, 1.54) is 0 Å². The normalized spacial score (nSPS) is 20.1. The molecule has 23 heavy (non-hydrogen) atoms. The fraction of sp³-hybridized carbons (Fsp3) is 0.438. The second-order valence-corrected chi connectivity index (χ2v) is 7.99. The lowest BCUT2D eigenvalue weighted by atomic mass is 9.91. The number of benzene rings is 1. The van der Waals surface area contributed by atoms with Crippen molar-refractivity contribution in [3.63, 3.8) is 0 Å². The van der Waals surface area contributed by atoms with Crippen molar-refractivity contribution in [2.45, 2.75) is 32.0 Å². The SMILES string of the molecule is Cn1c2c(c(=O)c3ccccc31)CC(OS(C)(=O)=O)C(C)(C)O2. The highest BCUT2D eigenvalue weighted by Crippen LogP contribution is 2.35. The van der Waals surface area contributed by atoms with E-state index in [1.807, 2.05) is 23.7 Å². The minimum Gasteiger partial charge on any atom is -0.470 e. The van der Waals surface area contributed by atoms with Crippen LogP contribution in [0.4, 0.5) is 0 Å². The topological polar surface area (TPSA) is 74.6 Å². The van der Waals surface area contributed by atoms with Gasteiger partial charge in [0, 0.05) is 18.9 Å². The summed E-state index contributed by atoms with van der Waals surface area (Å²) >= 11 is 0. The summed E-state index contributed by atoms with van der Waals surface area (Å²) in [4.78, 5) is 12.7. The molecule has 0 bridgehead atoms. The van der Waals surface area contributed by atoms with Crippen molar-refractivity contribution in [1.82, 2.24) is 4.57 Å². The zero-order chi connectivity index (χ0) is 17.0. The highest BCUT2D eigenvalue weighted by Gasteiger charge is 2.42. The molecule has 0 spiro atoms. The fourth-order valence-electron chi connectivity index (χ4n) is 2.95. The molecule has 1 atom stereocenters. The summed E-state index contributed by atoms with van der Waals surface area (Å²) in [5.41, 5.74) is 0.197. The summed E-state index contributed by atoms with van der Waals surface area (Å²) in [6.07, 6.45) is 0.433. The number of hydrogen-bond acceptors (Lipinski definition) is 5. The van der Waals surface area contributed by atoms with Gasteiger partial charge in [0.25, 0.3) is 10.1 Å². The van der Waals surface area contributed by atoms with Crippen LogP contribution in [0.2, 0.25) is 0 Å². The number of rotatable bonds is 2. The molecule has 0 fully saturated rings. The Hall–Kier alpha value is -1.86. The average molecular weight is 337 g/mol. The van der Waals surface area contributed by atoms with Crippen molar-refractivity contribution in [1.29, 1.82) is 0 Å². The van der Waals surface area contributed by atoms with Gasteiger partial charge in [-0.2, -0.15) is 8.42 Å². The van der Waals surface area contributed by atoms with Gasteiger partial charge in [0.05, 0.1) is 17.3 Å². The molecule has 1 aromatic heterocycles. The predicted molar refractivity (Wildman–Crippen MR) is 87.3 cm³/mol. The van der Waals surface area contributed by atoms with Gasteiger partial charge in [0.1, 0.15) is 11.7 Å². The summed E-state index contributed by atoms with van der Waals surface area (Å²) in [5, 5.41) is 0.579. The van der Waals surface area contributed by atoms with Crippen LogP contribution in [0, 0.1) is 0 Å². The third-order valence-electron chi connectivity index (χ3n) is 4.16. The number of nitrogens with zero attached hydrogens (tertiary/aromatic N) is 1. The minimum absolute atomic E-state index is 0.147. The molecular formula is C16H19NO5S. The van der Waals surface area contributed by atoms with Crippen molar-refractivity contribution in [2.75, 3.05) is 6.26 Å². The molecule has 1 aromatic carbocycles. The molecule has 0 saturated heterocycles. The van der Waals surface area contributed by atoms with Crippen LogP contribution >= 0.6 is 0 Å². The fourth-order valence-corrected chi connectivity index (χ4v) is 3.67. The monoisotopic (exact) mass is 337 g/mol. The molecule has 0 N–H and O–H groups in total. The highest BCUT2D eigenvalue weighted by molar-refractivity contribution is 7.86. The van der Waals surface area contributed by atoms with E-state index in [1.54, 1.807) is 26.0 Å². The van der Waals surface area contributed by atoms with E-state index in [4.69, 9.17) is 8.92 Å². The molecule has 0 amide bonds. The lowest BCUT2D eigenvalue weighted by Gasteiger charge is -2.39. The van der Waals surface area contributed by atoms with Gasteiger partial charge in [-0.3, -0.25) is 8.98 Å². The van der Waals surface area contributed by atoms with Gasteiger partial charge < -0.3 is 9.30 Å². The second kappa shape index (κ2) is 5.07. The Bertz CT molecular complexity index is 943. The van der Waals surface area contributed by atoms with Crippen LogP contribution in [0.25, 0.3) is 10.9 Å². The Morgan fingerprint density at radius 1 is 1.30 bits per heavy atom. The van der Waals surface area contributed by atoms with E-state index >= 15 is 0 Å². The summed E-state index contributed by atoms with van der Waals surface area (Å²) in [7, 11) is -1.82. The highest BCUT2D eigenvalue weighted by atomic mass is 32.2. The van der Waals surface area contributed by atoms with E-state index in [2.05, 4.69) is 0 Å². The molecule has 1 aliphatic rings. The minimum atomic E-state index is -3.65. The van der Waals surface area contributed by atoms with Gasteiger partial charge in [-0.1, -0.05) is 12.1 Å². The largest absolute Gasteiger partial charge is 0.470 e. The third kappa shape index (κ3) is 2.74. The quantitative estimate of drug-likeness (QED) is 0.778. The Morgan fingerprint density at radius 2 is 1.96 bits per heavy atom. The van der Waals surface area contributed by atoms with E-state index < -0.39 is 21.8 Å². The summed E-state index contributed by atoms with van der Waals surface area (Å²) in [5.74, 6) is 0.465. The maximum absolute atomic E-state index is 12.7. The molecule has 7 heteroatoms. The van der Waals surface area contributed by atoms with Crippen molar-refractivity contribution >= 4 is 21.0 Å². The van der Waals surface area contributed by atoms with Gasteiger partial charge in [0.2, 0.25) is 5.88 Å². The predicted octanol–water partition coefficient (Wildman–Crippen LogP) is 1.60. The Morgan fingerprint density at radius 3 is 2.61 bits per heavy atom. The molecule has 124 valence electrons. The summed E-state index contributed by atoms with van der Waals surface area (Å²) in [6, 6.07) is 7.27. The van der Waals surface area contributed by atoms with Gasteiger partial charge in [0.15, 0.2) is 5.43 Å². The molecule has 3 rings (SSSR count). The first kappa shape index (κ1) is 16.0. The maximum Gasteiger partial charge on any atom is 0.264 e. The Balaban J connectivity index is 2.22. The maximum atomic E-state index is 12.7. The van der Waals surface area contributed by atoms with Crippen LogP contribution in [0.3, 0.4) is 0 Å². The zero-order valence-corrected chi connectivity index (χ0v) is 14.3. The van der Waals surface area contributed by atoms with Crippen LogP contribution in [0.5, 0.6) is 5.88 Å². The molecule has 0 saturated carbocycles. The smallest absolute Gasteiger partial charge is 0.264 e. The summed E-state index contributed by atoms with van der Waals surface area (Å²) in [6.45, 7) is 3.51. The first-order chi connectivity index (χ1) is 10.6. The van der Waals surface area contributed by atoms with Crippen molar-refractivity contribution < 1.29 is 17.3 Å². The molecule has 1 aliphatic heterocycles. The number of hydrogen-bond donors (Lipinski definition) is 0. The number of para-hydroxylation sites is 1. The van der Waals surface area contributed by atoms with Gasteiger partial charge in [-0.05, 0) is 26.0 Å². The molecule has 1 unspecified atom stereocenters. The van der Waals surface area contributed by atoms with Gasteiger partial charge in [-0.25, -0.2) is 0 Å². The summed E-state index contributed by atoms with van der Waals surface area (Å²) < 4.78 is 36.0. The first-order valence-corrected chi connectivity index (χ1v) is 9.10. The van der Waals surface area contributed by atoms with E-state index in [-0.39, 0.29) is 11.8 Å². The lowest BCUT2D eigenvalue weighted by Crippen LogP contribution is -2.50. The van der Waals surface area contributed by atoms with Crippen LogP contribution < -0.4 is 10.2 Å². The van der Waals surface area contributed by atoms with Crippen LogP contribution in [-0.4, -0.2) is 30.9 Å². The number of pyridine rings is 1. The van der Waals surface area contributed by atoms with Crippen molar-refractivity contribution in [3.05, 3.63) is 40.1 Å². The molecule has 0 aliphatic carbocycles. The molecule has 2 heterocycles. The third-order valence-corrected chi connectivity index (χ3v) is 4.74. The lowest BCUT2D eigenvalue weighted by molar-refractivity contribution is -0.0292. The van der Waals surface area contributed by atoms with Gasteiger partial charge >= 0.3 is 0 Å². The second-order valence-electron chi connectivity index (χ2n) is 6.39. The van der Waals surface area contributed by atoms with Crippen LogP contribution in [0.1, 0.15) is 19.4 Å². The van der Waals surface area contributed by atoms with E-state index in [9.17, 15) is 13.2 Å². The Kier molecular flexibility index (Phi) is 3.53.